The molecule has 3 heteroatoms. The van der Waals surface area contributed by atoms with Crippen LogP contribution >= 0.6 is 27.7 Å². The summed E-state index contributed by atoms with van der Waals surface area (Å²) in [4.78, 5) is 0. The fourth-order valence-electron chi connectivity index (χ4n) is 1.07. The summed E-state index contributed by atoms with van der Waals surface area (Å²) in [6.07, 6.45) is 2.10. The van der Waals surface area contributed by atoms with Crippen LogP contribution in [0, 0.1) is 0 Å². The van der Waals surface area contributed by atoms with E-state index in [1.807, 2.05) is 24.8 Å². The minimum Gasteiger partial charge on any atom is -0.493 e. The van der Waals surface area contributed by atoms with Gasteiger partial charge in [-0.2, -0.15) is 11.8 Å². The molecular formula is C10H13BrOS. The van der Waals surface area contributed by atoms with Crippen molar-refractivity contribution in [3.63, 3.8) is 0 Å². The lowest BCUT2D eigenvalue weighted by Gasteiger charge is -2.06. The van der Waals surface area contributed by atoms with Gasteiger partial charge in [0.1, 0.15) is 5.75 Å². The standard InChI is InChI=1S/C10H13BrOS/c1-3-12-10-5-4-8(7-13-2)6-9(10)11/h4-6H,3,7H2,1-2H3. The molecule has 0 aliphatic carbocycles. The van der Waals surface area contributed by atoms with Gasteiger partial charge in [0.25, 0.3) is 0 Å². The zero-order valence-corrected chi connectivity index (χ0v) is 10.2. The maximum atomic E-state index is 5.42. The van der Waals surface area contributed by atoms with E-state index in [2.05, 4.69) is 34.3 Å². The monoisotopic (exact) mass is 260 g/mol. The summed E-state index contributed by atoms with van der Waals surface area (Å²) in [7, 11) is 0. The van der Waals surface area contributed by atoms with E-state index in [0.29, 0.717) is 6.61 Å². The van der Waals surface area contributed by atoms with Crippen molar-refractivity contribution >= 4 is 27.7 Å². The van der Waals surface area contributed by atoms with Crippen LogP contribution in [0.5, 0.6) is 5.75 Å². The first kappa shape index (κ1) is 10.9. The Morgan fingerprint density at radius 2 is 2.23 bits per heavy atom. The third-order valence-corrected chi connectivity index (χ3v) is 2.85. The summed E-state index contributed by atoms with van der Waals surface area (Å²) < 4.78 is 6.46. The minimum atomic E-state index is 0.709. The Morgan fingerprint density at radius 1 is 1.46 bits per heavy atom. The van der Waals surface area contributed by atoms with Gasteiger partial charge in [0.2, 0.25) is 0 Å². The highest BCUT2D eigenvalue weighted by Gasteiger charge is 2.00. The van der Waals surface area contributed by atoms with Crippen LogP contribution in [0.4, 0.5) is 0 Å². The topological polar surface area (TPSA) is 9.23 Å². The van der Waals surface area contributed by atoms with Gasteiger partial charge < -0.3 is 4.74 Å². The lowest BCUT2D eigenvalue weighted by atomic mass is 10.2. The normalized spacial score (nSPS) is 10.1. The number of thioether (sulfide) groups is 1. The molecule has 1 aromatic carbocycles. The van der Waals surface area contributed by atoms with Crippen LogP contribution in [-0.4, -0.2) is 12.9 Å². The summed E-state index contributed by atoms with van der Waals surface area (Å²) in [5.41, 5.74) is 1.32. The third-order valence-electron chi connectivity index (χ3n) is 1.61. The maximum Gasteiger partial charge on any atom is 0.133 e. The molecule has 0 fully saturated rings. The average molecular weight is 261 g/mol. The van der Waals surface area contributed by atoms with Gasteiger partial charge >= 0.3 is 0 Å². The van der Waals surface area contributed by atoms with Crippen molar-refractivity contribution in [3.8, 4) is 5.75 Å². The Bertz CT molecular complexity index is 276. The lowest BCUT2D eigenvalue weighted by molar-refractivity contribution is 0.338. The van der Waals surface area contributed by atoms with Gasteiger partial charge in [0.15, 0.2) is 0 Å². The summed E-state index contributed by atoms with van der Waals surface area (Å²) in [6.45, 7) is 2.70. The van der Waals surface area contributed by atoms with Crippen molar-refractivity contribution in [1.82, 2.24) is 0 Å². The van der Waals surface area contributed by atoms with Crippen LogP contribution < -0.4 is 4.74 Å². The van der Waals surface area contributed by atoms with E-state index in [9.17, 15) is 0 Å². The average Bonchev–Trinajstić information content (AvgIpc) is 2.10. The van der Waals surface area contributed by atoms with Gasteiger partial charge in [0.05, 0.1) is 11.1 Å². The fraction of sp³-hybridized carbons (Fsp3) is 0.400. The molecule has 1 rings (SSSR count). The van der Waals surface area contributed by atoms with E-state index < -0.39 is 0 Å². The summed E-state index contributed by atoms with van der Waals surface area (Å²) in [5.74, 6) is 1.97. The molecular weight excluding hydrogens is 248 g/mol. The lowest BCUT2D eigenvalue weighted by Crippen LogP contribution is -1.92. The van der Waals surface area contributed by atoms with Gasteiger partial charge in [-0.15, -0.1) is 0 Å². The van der Waals surface area contributed by atoms with Crippen molar-refractivity contribution in [1.29, 1.82) is 0 Å². The first-order valence-electron chi connectivity index (χ1n) is 4.18. The van der Waals surface area contributed by atoms with E-state index in [4.69, 9.17) is 4.74 Å². The van der Waals surface area contributed by atoms with E-state index in [1.54, 1.807) is 0 Å². The molecule has 0 radical (unpaired) electrons. The molecule has 0 heterocycles. The largest absolute Gasteiger partial charge is 0.493 e. The van der Waals surface area contributed by atoms with Gasteiger partial charge in [0, 0.05) is 5.75 Å². The number of benzene rings is 1. The van der Waals surface area contributed by atoms with E-state index in [-0.39, 0.29) is 0 Å². The van der Waals surface area contributed by atoms with Gasteiger partial charge in [-0.05, 0) is 46.8 Å². The molecule has 0 aliphatic heterocycles. The maximum absolute atomic E-state index is 5.42. The molecule has 13 heavy (non-hydrogen) atoms. The van der Waals surface area contributed by atoms with Crippen LogP contribution in [0.25, 0.3) is 0 Å². The predicted molar refractivity (Wildman–Crippen MR) is 62.5 cm³/mol. The van der Waals surface area contributed by atoms with Crippen molar-refractivity contribution in [3.05, 3.63) is 28.2 Å². The molecule has 1 nitrogen and oxygen atoms in total. The van der Waals surface area contributed by atoms with Crippen molar-refractivity contribution in [2.75, 3.05) is 12.9 Å². The SMILES string of the molecule is CCOc1ccc(CSC)cc1Br. The molecule has 0 aliphatic rings. The van der Waals surface area contributed by atoms with Crippen LogP contribution in [-0.2, 0) is 5.75 Å². The number of hydrogen-bond donors (Lipinski definition) is 0. The quantitative estimate of drug-likeness (QED) is 0.817. The zero-order chi connectivity index (χ0) is 9.68. The zero-order valence-electron chi connectivity index (χ0n) is 7.84. The van der Waals surface area contributed by atoms with Crippen LogP contribution in [0.1, 0.15) is 12.5 Å². The molecule has 1 aromatic rings. The summed E-state index contributed by atoms with van der Waals surface area (Å²) in [5, 5.41) is 0. The molecule has 0 aromatic heterocycles. The Labute approximate surface area is 92.0 Å². The summed E-state index contributed by atoms with van der Waals surface area (Å²) in [6, 6.07) is 6.23. The predicted octanol–water partition coefficient (Wildman–Crippen LogP) is 3.71. The molecule has 0 saturated heterocycles. The van der Waals surface area contributed by atoms with Gasteiger partial charge in [-0.1, -0.05) is 6.07 Å². The van der Waals surface area contributed by atoms with E-state index in [0.717, 1.165) is 16.0 Å². The number of ether oxygens (including phenoxy) is 1. The highest BCUT2D eigenvalue weighted by atomic mass is 79.9. The Kier molecular flexibility index (Phi) is 4.67. The van der Waals surface area contributed by atoms with Crippen LogP contribution in [0.3, 0.4) is 0 Å². The van der Waals surface area contributed by atoms with Gasteiger partial charge in [-0.3, -0.25) is 0 Å². The number of hydrogen-bond acceptors (Lipinski definition) is 2. The van der Waals surface area contributed by atoms with E-state index in [1.165, 1.54) is 5.56 Å². The second-order valence-corrected chi connectivity index (χ2v) is 4.35. The Morgan fingerprint density at radius 3 is 2.77 bits per heavy atom. The highest BCUT2D eigenvalue weighted by molar-refractivity contribution is 9.10. The third kappa shape index (κ3) is 3.24. The molecule has 0 amide bonds. The molecule has 0 spiro atoms. The fourth-order valence-corrected chi connectivity index (χ4v) is 2.13. The summed E-state index contributed by atoms with van der Waals surface area (Å²) >= 11 is 5.30. The second kappa shape index (κ2) is 5.55. The van der Waals surface area contributed by atoms with Crippen molar-refractivity contribution in [2.24, 2.45) is 0 Å². The van der Waals surface area contributed by atoms with Crippen LogP contribution in [0.2, 0.25) is 0 Å². The van der Waals surface area contributed by atoms with Crippen molar-refractivity contribution < 1.29 is 4.74 Å². The Balaban J connectivity index is 2.79. The molecule has 0 saturated carbocycles. The highest BCUT2D eigenvalue weighted by Crippen LogP contribution is 2.27. The molecule has 72 valence electrons. The first-order valence-corrected chi connectivity index (χ1v) is 6.36. The number of halogens is 1. The molecule has 0 N–H and O–H groups in total. The molecule has 0 atom stereocenters. The van der Waals surface area contributed by atoms with Crippen molar-refractivity contribution in [2.45, 2.75) is 12.7 Å². The van der Waals surface area contributed by atoms with E-state index >= 15 is 0 Å². The van der Waals surface area contributed by atoms with Gasteiger partial charge in [-0.25, -0.2) is 0 Å². The minimum absolute atomic E-state index is 0.709. The first-order chi connectivity index (χ1) is 6.27. The Hall–Kier alpha value is -0.150. The second-order valence-electron chi connectivity index (χ2n) is 2.63. The number of rotatable bonds is 4. The molecule has 0 unspecified atom stereocenters. The van der Waals surface area contributed by atoms with Crippen LogP contribution in [0.15, 0.2) is 22.7 Å². The smallest absolute Gasteiger partial charge is 0.133 e. The molecule has 0 bridgehead atoms.